The van der Waals surface area contributed by atoms with Crippen molar-refractivity contribution in [3.8, 4) is 22.9 Å². The third-order valence-electron chi connectivity index (χ3n) is 6.61. The first-order chi connectivity index (χ1) is 22.1. The van der Waals surface area contributed by atoms with Gasteiger partial charge in [0.15, 0.2) is 0 Å². The molecule has 1 heterocycles. The van der Waals surface area contributed by atoms with Gasteiger partial charge in [0, 0.05) is 0 Å². The monoisotopic (exact) mass is 658 g/mol. The van der Waals surface area contributed by atoms with E-state index in [2.05, 4.69) is 15.3 Å². The highest BCUT2D eigenvalue weighted by atomic mass is 19.4. The molecule has 4 N–H and O–H groups in total. The summed E-state index contributed by atoms with van der Waals surface area (Å²) in [5.74, 6) is -0.836. The van der Waals surface area contributed by atoms with Gasteiger partial charge in [0.25, 0.3) is 17.4 Å². The number of nitrogens with zero attached hydrogens (tertiary/aromatic N) is 1. The number of H-pyrrole nitrogens is 1. The summed E-state index contributed by atoms with van der Waals surface area (Å²) in [5.41, 5.74) is 2.79. The quantitative estimate of drug-likeness (QED) is 0.174. The number of primary amides is 1. The number of nitrogens with one attached hydrogen (secondary N) is 2. The molecule has 0 fully saturated rings. The number of anilines is 1. The van der Waals surface area contributed by atoms with E-state index in [0.29, 0.717) is 17.4 Å². The number of hydrogen-bond donors (Lipinski definition) is 3. The molecule has 9 nitrogen and oxygen atoms in total. The maximum atomic E-state index is 12.8. The van der Waals surface area contributed by atoms with Crippen LogP contribution in [-0.2, 0) is 12.4 Å². The van der Waals surface area contributed by atoms with Gasteiger partial charge in [0.1, 0.15) is 17.3 Å². The summed E-state index contributed by atoms with van der Waals surface area (Å²) < 4.78 is 87.2. The second kappa shape index (κ2) is 13.6. The van der Waals surface area contributed by atoms with Crippen LogP contribution in [0.2, 0.25) is 0 Å². The Hall–Kier alpha value is -5.86. The summed E-state index contributed by atoms with van der Waals surface area (Å²) in [6.07, 6.45) is -9.12. The molecule has 5 rings (SSSR count). The lowest BCUT2D eigenvalue weighted by Gasteiger charge is -2.14. The number of alkyl halides is 6. The molecule has 0 radical (unpaired) electrons. The molecule has 5 aromatic rings. The normalized spacial score (nSPS) is 11.3. The third-order valence-corrected chi connectivity index (χ3v) is 6.61. The summed E-state index contributed by atoms with van der Waals surface area (Å²) in [6, 6.07) is 18.1. The molecular weight excluding hydrogens is 634 g/mol. The van der Waals surface area contributed by atoms with Crippen LogP contribution in [0.25, 0.3) is 22.3 Å². The largest absolute Gasteiger partial charge is 0.496 e. The molecule has 0 unspecified atom stereocenters. The Labute approximate surface area is 262 Å². The van der Waals surface area contributed by atoms with Crippen molar-refractivity contribution in [2.24, 2.45) is 5.73 Å². The standard InChI is InChI=1S/C16H13F3N2O3.C16H11F3N2O2/c1-24-13-5-3-2-4-11(13)15(23)21-12-8-9(16(17,18)19)6-7-10(12)14(20)22;1-23-13-5-3-2-4-11(13)14-20-12-8-9(16(17,18)19)6-7-10(12)15(22)21-14/h2-8H,1H3,(H2,20,22)(H,21,23);2-8H,1H3,(H,20,21,22). The van der Waals surface area contributed by atoms with E-state index in [-0.39, 0.29) is 39.3 Å². The first-order valence-electron chi connectivity index (χ1n) is 13.3. The second-order valence-electron chi connectivity index (χ2n) is 9.62. The summed E-state index contributed by atoms with van der Waals surface area (Å²) in [4.78, 5) is 42.5. The minimum Gasteiger partial charge on any atom is -0.496 e. The van der Waals surface area contributed by atoms with Gasteiger partial charge in [-0.1, -0.05) is 24.3 Å². The zero-order chi connectivity index (χ0) is 34.5. The van der Waals surface area contributed by atoms with Gasteiger partial charge in [-0.2, -0.15) is 26.3 Å². The van der Waals surface area contributed by atoms with Crippen molar-refractivity contribution in [2.45, 2.75) is 12.4 Å². The van der Waals surface area contributed by atoms with Gasteiger partial charge in [-0.05, 0) is 60.7 Å². The van der Waals surface area contributed by atoms with Crippen molar-refractivity contribution in [3.63, 3.8) is 0 Å². The number of ether oxygens (including phenoxy) is 2. The number of nitrogens with two attached hydrogens (primary N) is 1. The summed E-state index contributed by atoms with van der Waals surface area (Å²) in [6.45, 7) is 0. The molecule has 4 aromatic carbocycles. The average molecular weight is 659 g/mol. The van der Waals surface area contributed by atoms with Gasteiger partial charge < -0.3 is 25.5 Å². The van der Waals surface area contributed by atoms with Crippen molar-refractivity contribution < 1.29 is 45.4 Å². The van der Waals surface area contributed by atoms with Crippen LogP contribution in [0, 0.1) is 0 Å². The number of halogens is 6. The van der Waals surface area contributed by atoms with Crippen LogP contribution in [0.5, 0.6) is 11.5 Å². The molecule has 0 aliphatic heterocycles. The zero-order valence-corrected chi connectivity index (χ0v) is 24.4. The molecule has 47 heavy (non-hydrogen) atoms. The van der Waals surface area contributed by atoms with Crippen LogP contribution < -0.4 is 26.1 Å². The smallest absolute Gasteiger partial charge is 0.416 e. The van der Waals surface area contributed by atoms with E-state index < -0.39 is 40.9 Å². The van der Waals surface area contributed by atoms with E-state index in [9.17, 15) is 40.7 Å². The highest BCUT2D eigenvalue weighted by molar-refractivity contribution is 6.10. The predicted octanol–water partition coefficient (Wildman–Crippen LogP) is 6.68. The van der Waals surface area contributed by atoms with E-state index in [4.69, 9.17) is 15.2 Å². The Bertz CT molecular complexity index is 2010. The highest BCUT2D eigenvalue weighted by Gasteiger charge is 2.32. The lowest BCUT2D eigenvalue weighted by Crippen LogP contribution is -2.20. The molecule has 0 aliphatic carbocycles. The van der Waals surface area contributed by atoms with E-state index in [1.165, 1.54) is 26.4 Å². The van der Waals surface area contributed by atoms with Gasteiger partial charge in [-0.3, -0.25) is 14.4 Å². The first-order valence-corrected chi connectivity index (χ1v) is 13.3. The molecule has 1 aromatic heterocycles. The van der Waals surface area contributed by atoms with Gasteiger partial charge in [0.2, 0.25) is 0 Å². The number of fused-ring (bicyclic) bond motifs is 1. The lowest BCUT2D eigenvalue weighted by atomic mass is 10.1. The Balaban J connectivity index is 0.000000213. The minimum absolute atomic E-state index is 0.0236. The summed E-state index contributed by atoms with van der Waals surface area (Å²) >= 11 is 0. The molecule has 0 atom stereocenters. The maximum absolute atomic E-state index is 12.8. The first kappa shape index (κ1) is 34.0. The topological polar surface area (TPSA) is 136 Å². The summed E-state index contributed by atoms with van der Waals surface area (Å²) in [7, 11) is 2.81. The maximum Gasteiger partial charge on any atom is 0.416 e. The summed E-state index contributed by atoms with van der Waals surface area (Å²) in [5, 5.41) is 2.37. The van der Waals surface area contributed by atoms with Crippen molar-refractivity contribution in [1.82, 2.24) is 9.97 Å². The fourth-order valence-corrected chi connectivity index (χ4v) is 4.34. The molecule has 0 spiro atoms. The third kappa shape index (κ3) is 7.87. The van der Waals surface area contributed by atoms with E-state index in [1.54, 1.807) is 36.4 Å². The number of amides is 2. The second-order valence-corrected chi connectivity index (χ2v) is 9.62. The molecule has 15 heteroatoms. The number of rotatable bonds is 6. The Morgan fingerprint density at radius 2 is 1.34 bits per heavy atom. The molecule has 0 saturated heterocycles. The fraction of sp³-hybridized carbons (Fsp3) is 0.125. The Morgan fingerprint density at radius 1 is 0.766 bits per heavy atom. The van der Waals surface area contributed by atoms with Gasteiger partial charge in [-0.15, -0.1) is 0 Å². The van der Waals surface area contributed by atoms with Gasteiger partial charge in [-0.25, -0.2) is 4.98 Å². The van der Waals surface area contributed by atoms with Crippen LogP contribution in [0.4, 0.5) is 32.0 Å². The number of methoxy groups -OCH3 is 2. The van der Waals surface area contributed by atoms with Crippen LogP contribution in [-0.4, -0.2) is 36.0 Å². The highest BCUT2D eigenvalue weighted by Crippen LogP contribution is 2.33. The molecule has 2 amide bonds. The fourth-order valence-electron chi connectivity index (χ4n) is 4.34. The SMILES string of the molecule is COc1ccccc1-c1nc2cc(C(F)(F)F)ccc2c(=O)[nH]1.COc1ccccc1C(=O)Nc1cc(C(F)(F)F)ccc1C(N)=O. The predicted molar refractivity (Wildman–Crippen MR) is 160 cm³/mol. The zero-order valence-electron chi connectivity index (χ0n) is 24.4. The lowest BCUT2D eigenvalue weighted by molar-refractivity contribution is -0.138. The molecule has 0 saturated carbocycles. The molecule has 0 bridgehead atoms. The van der Waals surface area contributed by atoms with Crippen molar-refractivity contribution in [2.75, 3.05) is 19.5 Å². The number of aromatic amines is 1. The molecule has 244 valence electrons. The van der Waals surface area contributed by atoms with Gasteiger partial charge in [0.05, 0.1) is 58.6 Å². The van der Waals surface area contributed by atoms with E-state index >= 15 is 0 Å². The van der Waals surface area contributed by atoms with E-state index in [1.807, 2.05) is 0 Å². The van der Waals surface area contributed by atoms with Crippen molar-refractivity contribution in [1.29, 1.82) is 0 Å². The number of benzene rings is 4. The number of para-hydroxylation sites is 2. The molecule has 0 aliphatic rings. The Morgan fingerprint density at radius 3 is 1.96 bits per heavy atom. The number of carbonyl (C=O) groups is 2. The Kier molecular flexibility index (Phi) is 9.87. The molecular formula is C32H24F6N4O5. The van der Waals surface area contributed by atoms with Crippen LogP contribution in [0.3, 0.4) is 0 Å². The number of carbonyl (C=O) groups excluding carboxylic acids is 2. The number of hydrogen-bond acceptors (Lipinski definition) is 6. The van der Waals surface area contributed by atoms with Crippen molar-refractivity contribution in [3.05, 3.63) is 118 Å². The van der Waals surface area contributed by atoms with E-state index in [0.717, 1.165) is 30.3 Å². The van der Waals surface area contributed by atoms with Crippen molar-refractivity contribution >= 4 is 28.4 Å². The minimum atomic E-state index is -4.62. The van der Waals surface area contributed by atoms with Crippen LogP contribution in [0.1, 0.15) is 31.8 Å². The van der Waals surface area contributed by atoms with Crippen LogP contribution >= 0.6 is 0 Å². The van der Waals surface area contributed by atoms with Gasteiger partial charge >= 0.3 is 12.4 Å². The average Bonchev–Trinajstić information content (AvgIpc) is 3.03. The number of aromatic nitrogens is 2. The van der Waals surface area contributed by atoms with Crippen LogP contribution in [0.15, 0.2) is 89.7 Å².